The highest BCUT2D eigenvalue weighted by molar-refractivity contribution is 6.04. The van der Waals surface area contributed by atoms with Crippen LogP contribution >= 0.6 is 0 Å². The Morgan fingerprint density at radius 2 is 0.852 bits per heavy atom. The average Bonchev–Trinajstić information content (AvgIpc) is 2.67. The lowest BCUT2D eigenvalue weighted by Crippen LogP contribution is -2.29. The van der Waals surface area contributed by atoms with Crippen molar-refractivity contribution in [3.05, 3.63) is 34.9 Å². The zero-order valence-electron chi connectivity index (χ0n) is 15.0. The van der Waals surface area contributed by atoms with Gasteiger partial charge in [0.1, 0.15) is 0 Å². The molecule has 0 aliphatic heterocycles. The minimum atomic E-state index is -0.584. The Bertz CT molecular complexity index is 543. The third-order valence-electron chi connectivity index (χ3n) is 3.51. The molecule has 1 aromatic rings. The fourth-order valence-electron chi connectivity index (χ4n) is 2.13. The zero-order chi connectivity index (χ0) is 20.1. The first-order valence-corrected chi connectivity index (χ1v) is 8.71. The molecule has 27 heavy (non-hydrogen) atoms. The molecule has 150 valence electrons. The van der Waals surface area contributed by atoms with E-state index in [4.69, 9.17) is 0 Å². The number of carbonyl (C=O) groups excluding carboxylic acids is 3. The van der Waals surface area contributed by atoms with Gasteiger partial charge in [-0.05, 0) is 37.5 Å². The Balaban J connectivity index is 3.01. The second-order valence-corrected chi connectivity index (χ2v) is 5.69. The van der Waals surface area contributed by atoms with Crippen LogP contribution in [0.2, 0.25) is 0 Å². The summed E-state index contributed by atoms with van der Waals surface area (Å²) in [5.74, 6) is -1.67. The van der Waals surface area contributed by atoms with Crippen LogP contribution in [-0.2, 0) is 0 Å². The fraction of sp³-hybridized carbons (Fsp3) is 0.500. The predicted octanol–water partition coefficient (Wildman–Crippen LogP) is 1.95. The molecular formula is C18H24F3N3O3. The number of alkyl halides is 3. The van der Waals surface area contributed by atoms with Crippen molar-refractivity contribution in [1.82, 2.24) is 16.0 Å². The van der Waals surface area contributed by atoms with Gasteiger partial charge >= 0.3 is 0 Å². The molecule has 0 unspecified atom stereocenters. The number of hydrogen-bond acceptors (Lipinski definition) is 3. The van der Waals surface area contributed by atoms with Gasteiger partial charge in [0.25, 0.3) is 17.7 Å². The first-order valence-electron chi connectivity index (χ1n) is 8.71. The zero-order valence-corrected chi connectivity index (χ0v) is 15.0. The van der Waals surface area contributed by atoms with E-state index in [-0.39, 0.29) is 55.6 Å². The van der Waals surface area contributed by atoms with E-state index in [1.54, 1.807) is 0 Å². The smallest absolute Gasteiger partial charge is 0.251 e. The van der Waals surface area contributed by atoms with Crippen LogP contribution in [0, 0.1) is 0 Å². The quantitative estimate of drug-likeness (QED) is 0.479. The molecule has 0 heterocycles. The van der Waals surface area contributed by atoms with E-state index in [2.05, 4.69) is 16.0 Å². The van der Waals surface area contributed by atoms with Crippen molar-refractivity contribution in [3.63, 3.8) is 0 Å². The van der Waals surface area contributed by atoms with Crippen LogP contribution in [-0.4, -0.2) is 57.4 Å². The lowest BCUT2D eigenvalue weighted by Gasteiger charge is -2.11. The molecule has 9 heteroatoms. The van der Waals surface area contributed by atoms with Crippen molar-refractivity contribution >= 4 is 17.7 Å². The molecule has 6 nitrogen and oxygen atoms in total. The van der Waals surface area contributed by atoms with E-state index < -0.39 is 37.7 Å². The highest BCUT2D eigenvalue weighted by Crippen LogP contribution is 2.12. The van der Waals surface area contributed by atoms with Crippen LogP contribution in [0.1, 0.15) is 50.3 Å². The van der Waals surface area contributed by atoms with Gasteiger partial charge in [0.05, 0.1) is 20.0 Å². The van der Waals surface area contributed by atoms with Gasteiger partial charge in [-0.1, -0.05) is 0 Å². The van der Waals surface area contributed by atoms with Gasteiger partial charge in [-0.15, -0.1) is 0 Å². The number of benzene rings is 1. The van der Waals surface area contributed by atoms with Crippen molar-refractivity contribution in [2.45, 2.75) is 19.3 Å². The molecule has 3 amide bonds. The van der Waals surface area contributed by atoms with Crippen molar-refractivity contribution in [2.75, 3.05) is 39.7 Å². The summed E-state index contributed by atoms with van der Waals surface area (Å²) < 4.78 is 36.5. The summed E-state index contributed by atoms with van der Waals surface area (Å²) in [7, 11) is 0. The van der Waals surface area contributed by atoms with Crippen LogP contribution in [0.5, 0.6) is 0 Å². The maximum atomic E-state index is 12.2. The minimum absolute atomic E-state index is 0.0580. The van der Waals surface area contributed by atoms with E-state index in [1.807, 2.05) is 0 Å². The lowest BCUT2D eigenvalue weighted by molar-refractivity contribution is 0.0951. The molecule has 1 aromatic carbocycles. The lowest BCUT2D eigenvalue weighted by atomic mass is 10.0. The third kappa shape index (κ3) is 8.10. The van der Waals surface area contributed by atoms with Crippen LogP contribution in [0.25, 0.3) is 0 Å². The molecule has 1 rings (SSSR count). The number of carbonyl (C=O) groups is 3. The maximum Gasteiger partial charge on any atom is 0.251 e. The van der Waals surface area contributed by atoms with Crippen molar-refractivity contribution in [2.24, 2.45) is 0 Å². The molecule has 0 atom stereocenters. The Kier molecular flexibility index (Phi) is 10.6. The van der Waals surface area contributed by atoms with Crippen LogP contribution in [0.15, 0.2) is 18.2 Å². The number of halogens is 3. The summed E-state index contributed by atoms with van der Waals surface area (Å²) in [5, 5.41) is 7.49. The standard InChI is InChI=1S/C18H24F3N3O3/c19-4-1-7-22-16(25)13-10-14(17(26)23-8-2-5-20)12-15(11-13)18(27)24-9-3-6-21/h10-12H,1-9H2,(H,22,25)(H,23,26)(H,24,27). The SMILES string of the molecule is O=C(NCCCF)c1cc(C(=O)NCCCF)cc(C(=O)NCCCF)c1. The summed E-state index contributed by atoms with van der Waals surface area (Å²) >= 11 is 0. The van der Waals surface area contributed by atoms with Crippen molar-refractivity contribution in [3.8, 4) is 0 Å². The summed E-state index contributed by atoms with van der Waals surface area (Å²) in [4.78, 5) is 36.6. The molecular weight excluding hydrogens is 363 g/mol. The molecule has 0 aliphatic rings. The van der Waals surface area contributed by atoms with E-state index in [1.165, 1.54) is 18.2 Å². The summed E-state index contributed by atoms with van der Waals surface area (Å²) in [6.45, 7) is -1.42. The van der Waals surface area contributed by atoms with Gasteiger partial charge in [-0.2, -0.15) is 0 Å². The van der Waals surface area contributed by atoms with E-state index in [0.717, 1.165) is 0 Å². The highest BCUT2D eigenvalue weighted by atomic mass is 19.1. The number of amides is 3. The van der Waals surface area contributed by atoms with Gasteiger partial charge in [-0.25, -0.2) is 0 Å². The first-order chi connectivity index (χ1) is 13.0. The summed E-state index contributed by atoms with van der Waals surface area (Å²) in [6.07, 6.45) is 0.434. The number of hydrogen-bond donors (Lipinski definition) is 3. The largest absolute Gasteiger partial charge is 0.352 e. The molecule has 3 N–H and O–H groups in total. The number of nitrogens with one attached hydrogen (secondary N) is 3. The first kappa shape index (κ1) is 22.5. The molecule has 0 aromatic heterocycles. The summed E-state index contributed by atoms with van der Waals surface area (Å²) in [5.41, 5.74) is 0.174. The van der Waals surface area contributed by atoms with Gasteiger partial charge in [0.2, 0.25) is 0 Å². The third-order valence-corrected chi connectivity index (χ3v) is 3.51. The fourth-order valence-corrected chi connectivity index (χ4v) is 2.13. The molecule has 0 saturated carbocycles. The summed E-state index contributed by atoms with van der Waals surface area (Å²) in [6, 6.07) is 3.90. The van der Waals surface area contributed by atoms with E-state index >= 15 is 0 Å². The Hall–Kier alpha value is -2.58. The maximum absolute atomic E-state index is 12.2. The van der Waals surface area contributed by atoms with Gasteiger partial charge in [0, 0.05) is 36.3 Å². The monoisotopic (exact) mass is 387 g/mol. The van der Waals surface area contributed by atoms with Gasteiger partial charge < -0.3 is 16.0 Å². The number of rotatable bonds is 12. The Labute approximate surface area is 155 Å². The highest BCUT2D eigenvalue weighted by Gasteiger charge is 2.16. The van der Waals surface area contributed by atoms with Crippen LogP contribution in [0.4, 0.5) is 13.2 Å². The van der Waals surface area contributed by atoms with E-state index in [0.29, 0.717) is 0 Å². The molecule has 0 bridgehead atoms. The second-order valence-electron chi connectivity index (χ2n) is 5.69. The van der Waals surface area contributed by atoms with Crippen molar-refractivity contribution in [1.29, 1.82) is 0 Å². The molecule has 0 saturated heterocycles. The minimum Gasteiger partial charge on any atom is -0.352 e. The van der Waals surface area contributed by atoms with Crippen LogP contribution in [0.3, 0.4) is 0 Å². The molecule has 0 aliphatic carbocycles. The van der Waals surface area contributed by atoms with Crippen molar-refractivity contribution < 1.29 is 27.6 Å². The molecule has 0 fully saturated rings. The predicted molar refractivity (Wildman–Crippen MR) is 95.2 cm³/mol. The Morgan fingerprint density at radius 1 is 0.593 bits per heavy atom. The molecule has 0 radical (unpaired) electrons. The Morgan fingerprint density at radius 3 is 1.07 bits per heavy atom. The van der Waals surface area contributed by atoms with Crippen LogP contribution < -0.4 is 16.0 Å². The van der Waals surface area contributed by atoms with E-state index in [9.17, 15) is 27.6 Å². The van der Waals surface area contributed by atoms with Gasteiger partial charge in [0.15, 0.2) is 0 Å². The second kappa shape index (κ2) is 12.7. The molecule has 0 spiro atoms. The normalized spacial score (nSPS) is 10.3. The topological polar surface area (TPSA) is 87.3 Å². The average molecular weight is 387 g/mol. The van der Waals surface area contributed by atoms with Gasteiger partial charge in [-0.3, -0.25) is 27.6 Å².